The summed E-state index contributed by atoms with van der Waals surface area (Å²) in [5.74, 6) is -1.04. The summed E-state index contributed by atoms with van der Waals surface area (Å²) in [4.78, 5) is 46.8. The van der Waals surface area contributed by atoms with Gasteiger partial charge in [-0.15, -0.1) is 0 Å². The minimum atomic E-state index is -1.24. The van der Waals surface area contributed by atoms with Crippen molar-refractivity contribution in [3.8, 4) is 0 Å². The normalized spacial score (nSPS) is 11.8. The largest absolute Gasteiger partial charge is 0.450 e. The first-order valence-electron chi connectivity index (χ1n) is 6.39. The molecule has 1 aromatic rings. The predicted molar refractivity (Wildman–Crippen MR) is 73.5 cm³/mol. The average Bonchev–Trinajstić information content (AvgIpc) is 2.47. The molecule has 0 aliphatic rings. The molecule has 22 heavy (non-hydrogen) atoms. The lowest BCUT2D eigenvalue weighted by Gasteiger charge is -2.12. The molecule has 1 heterocycles. The van der Waals surface area contributed by atoms with Crippen molar-refractivity contribution in [3.05, 3.63) is 32.6 Å². The third kappa shape index (κ3) is 4.02. The van der Waals surface area contributed by atoms with Gasteiger partial charge in [-0.25, -0.2) is 9.59 Å². The summed E-state index contributed by atoms with van der Waals surface area (Å²) >= 11 is 0. The van der Waals surface area contributed by atoms with Gasteiger partial charge in [0.1, 0.15) is 5.56 Å². The van der Waals surface area contributed by atoms with Crippen molar-refractivity contribution in [3.63, 3.8) is 0 Å². The van der Waals surface area contributed by atoms with Crippen molar-refractivity contribution in [2.45, 2.75) is 19.6 Å². The molecule has 1 rings (SSSR count). The molecule has 0 aliphatic carbocycles. The fourth-order valence-corrected chi connectivity index (χ4v) is 1.63. The zero-order valence-corrected chi connectivity index (χ0v) is 12.1. The van der Waals surface area contributed by atoms with E-state index in [0.717, 1.165) is 17.8 Å². The molecule has 10 heteroatoms. The summed E-state index contributed by atoms with van der Waals surface area (Å²) < 4.78 is 6.07. The Labute approximate surface area is 124 Å². The molecular weight excluding hydrogens is 298 g/mol. The summed E-state index contributed by atoms with van der Waals surface area (Å²) in [5.41, 5.74) is -2.15. The van der Waals surface area contributed by atoms with Gasteiger partial charge in [0.2, 0.25) is 0 Å². The Bertz CT molecular complexity index is 676. The maximum atomic E-state index is 11.9. The Morgan fingerprint density at radius 3 is 2.59 bits per heavy atom. The summed E-state index contributed by atoms with van der Waals surface area (Å²) in [6, 6.07) is 0. The molecule has 2 amide bonds. The lowest BCUT2D eigenvalue weighted by atomic mass is 10.3. The number of amides is 2. The van der Waals surface area contributed by atoms with Crippen LogP contribution in [0.3, 0.4) is 0 Å². The number of ether oxygens (including phenoxy) is 1. The fourth-order valence-electron chi connectivity index (χ4n) is 1.63. The van der Waals surface area contributed by atoms with Crippen LogP contribution in [0.2, 0.25) is 0 Å². The van der Waals surface area contributed by atoms with Crippen molar-refractivity contribution < 1.29 is 24.5 Å². The minimum absolute atomic E-state index is 0.0410. The van der Waals surface area contributed by atoms with Crippen LogP contribution >= 0.6 is 0 Å². The van der Waals surface area contributed by atoms with Crippen molar-refractivity contribution in [1.82, 2.24) is 14.5 Å². The van der Waals surface area contributed by atoms with E-state index < -0.39 is 41.5 Å². The van der Waals surface area contributed by atoms with Crippen LogP contribution in [0.4, 0.5) is 4.79 Å². The molecule has 122 valence electrons. The van der Waals surface area contributed by atoms with Gasteiger partial charge in [0.25, 0.3) is 11.5 Å². The third-order valence-electron chi connectivity index (χ3n) is 2.71. The molecule has 0 saturated carbocycles. The van der Waals surface area contributed by atoms with Crippen LogP contribution in [0.25, 0.3) is 0 Å². The summed E-state index contributed by atoms with van der Waals surface area (Å²) in [6.45, 7) is 0.668. The van der Waals surface area contributed by atoms with E-state index in [0.29, 0.717) is 4.57 Å². The van der Waals surface area contributed by atoms with Crippen LogP contribution in [0.1, 0.15) is 17.3 Å². The van der Waals surface area contributed by atoms with Gasteiger partial charge in [-0.2, -0.15) is 0 Å². The fraction of sp³-hybridized carbons (Fsp3) is 0.500. The first-order chi connectivity index (χ1) is 10.3. The van der Waals surface area contributed by atoms with Gasteiger partial charge < -0.3 is 14.9 Å². The molecule has 0 aliphatic heterocycles. The van der Waals surface area contributed by atoms with Gasteiger partial charge in [0.05, 0.1) is 25.9 Å². The Balaban J connectivity index is 3.19. The number of carbonyl (C=O) groups is 2. The number of imide groups is 1. The molecule has 1 unspecified atom stereocenters. The molecule has 1 atom stereocenters. The number of alkyl carbamates (subject to hydrolysis) is 1. The Morgan fingerprint density at radius 2 is 2.05 bits per heavy atom. The number of nitrogens with one attached hydrogen (secondary N) is 1. The standard InChI is InChI=1S/C12H17N3O7/c1-3-22-11(20)13-9(18)8-5-15(4-7(17)6-16)12(21)14(2)10(8)19/h5,7,16-17H,3-4,6H2,1-2H3,(H,13,18,20). The van der Waals surface area contributed by atoms with Gasteiger partial charge >= 0.3 is 11.8 Å². The molecule has 0 fully saturated rings. The van der Waals surface area contributed by atoms with Crippen LogP contribution in [0, 0.1) is 0 Å². The van der Waals surface area contributed by atoms with Crippen molar-refractivity contribution >= 4 is 12.0 Å². The monoisotopic (exact) mass is 315 g/mol. The molecule has 0 saturated heterocycles. The number of aliphatic hydroxyl groups excluding tert-OH is 2. The predicted octanol–water partition coefficient (Wildman–Crippen LogP) is -2.21. The summed E-state index contributed by atoms with van der Waals surface area (Å²) in [7, 11) is 1.15. The molecule has 0 bridgehead atoms. The van der Waals surface area contributed by atoms with Gasteiger partial charge in [0.15, 0.2) is 0 Å². The Morgan fingerprint density at radius 1 is 1.41 bits per heavy atom. The number of aliphatic hydroxyl groups is 2. The molecule has 3 N–H and O–H groups in total. The van der Waals surface area contributed by atoms with E-state index in [9.17, 15) is 24.3 Å². The van der Waals surface area contributed by atoms with Gasteiger partial charge in [-0.1, -0.05) is 0 Å². The first-order valence-corrected chi connectivity index (χ1v) is 6.39. The zero-order valence-electron chi connectivity index (χ0n) is 12.1. The topological polar surface area (TPSA) is 140 Å². The Hall–Kier alpha value is -2.46. The third-order valence-corrected chi connectivity index (χ3v) is 2.71. The second-order valence-corrected chi connectivity index (χ2v) is 4.35. The van der Waals surface area contributed by atoms with Crippen molar-refractivity contribution in [1.29, 1.82) is 0 Å². The maximum Gasteiger partial charge on any atom is 0.414 e. The number of aromatic nitrogens is 2. The molecule has 0 spiro atoms. The van der Waals surface area contributed by atoms with E-state index >= 15 is 0 Å². The molecule has 0 radical (unpaired) electrons. The minimum Gasteiger partial charge on any atom is -0.450 e. The van der Waals surface area contributed by atoms with E-state index in [2.05, 4.69) is 4.74 Å². The van der Waals surface area contributed by atoms with Crippen LogP contribution in [-0.4, -0.2) is 50.7 Å². The lowest BCUT2D eigenvalue weighted by Crippen LogP contribution is -2.45. The first kappa shape index (κ1) is 17.6. The highest BCUT2D eigenvalue weighted by molar-refractivity contribution is 6.02. The number of hydrogen-bond acceptors (Lipinski definition) is 7. The van der Waals surface area contributed by atoms with E-state index in [-0.39, 0.29) is 13.2 Å². The highest BCUT2D eigenvalue weighted by Gasteiger charge is 2.19. The summed E-state index contributed by atoms with van der Waals surface area (Å²) in [6.07, 6.45) is -1.35. The molecule has 1 aromatic heterocycles. The summed E-state index contributed by atoms with van der Waals surface area (Å²) in [5, 5.41) is 20.0. The maximum absolute atomic E-state index is 11.9. The molecular formula is C12H17N3O7. The van der Waals surface area contributed by atoms with E-state index in [1.807, 2.05) is 5.32 Å². The number of nitrogens with zero attached hydrogens (tertiary/aromatic N) is 2. The van der Waals surface area contributed by atoms with E-state index in [1.165, 1.54) is 0 Å². The Kier molecular flexibility index (Phi) is 6.01. The number of hydrogen-bond donors (Lipinski definition) is 3. The number of rotatable bonds is 5. The second kappa shape index (κ2) is 7.52. The van der Waals surface area contributed by atoms with Gasteiger partial charge in [-0.05, 0) is 6.92 Å². The average molecular weight is 315 g/mol. The van der Waals surface area contributed by atoms with Crippen LogP contribution in [-0.2, 0) is 18.3 Å². The van der Waals surface area contributed by atoms with Crippen LogP contribution < -0.4 is 16.6 Å². The van der Waals surface area contributed by atoms with Crippen LogP contribution in [0.5, 0.6) is 0 Å². The quantitative estimate of drug-likeness (QED) is 0.559. The van der Waals surface area contributed by atoms with E-state index in [1.54, 1.807) is 6.92 Å². The molecule has 0 aromatic carbocycles. The SMILES string of the molecule is CCOC(=O)NC(=O)c1cn(CC(O)CO)c(=O)n(C)c1=O. The number of carbonyl (C=O) groups excluding carboxylic acids is 2. The lowest BCUT2D eigenvalue weighted by molar-refractivity contribution is 0.0792. The van der Waals surface area contributed by atoms with Gasteiger partial charge in [-0.3, -0.25) is 24.0 Å². The second-order valence-electron chi connectivity index (χ2n) is 4.35. The van der Waals surface area contributed by atoms with E-state index in [4.69, 9.17) is 5.11 Å². The zero-order chi connectivity index (χ0) is 16.9. The van der Waals surface area contributed by atoms with Crippen LogP contribution in [0.15, 0.2) is 15.8 Å². The smallest absolute Gasteiger partial charge is 0.414 e. The van der Waals surface area contributed by atoms with Crippen molar-refractivity contribution in [2.75, 3.05) is 13.2 Å². The van der Waals surface area contributed by atoms with Crippen molar-refractivity contribution in [2.24, 2.45) is 7.05 Å². The highest BCUT2D eigenvalue weighted by Crippen LogP contribution is 1.93. The van der Waals surface area contributed by atoms with Gasteiger partial charge in [0, 0.05) is 13.2 Å². The molecule has 10 nitrogen and oxygen atoms in total. The highest BCUT2D eigenvalue weighted by atomic mass is 16.5.